The van der Waals surface area contributed by atoms with Gasteiger partial charge in [-0.15, -0.1) is 0 Å². The third-order valence-corrected chi connectivity index (χ3v) is 3.25. The Labute approximate surface area is 119 Å². The molecule has 0 aliphatic carbocycles. The lowest BCUT2D eigenvalue weighted by Crippen LogP contribution is -2.17. The van der Waals surface area contributed by atoms with Crippen LogP contribution in [-0.4, -0.2) is 7.05 Å². The van der Waals surface area contributed by atoms with Gasteiger partial charge in [0.15, 0.2) is 0 Å². The third kappa shape index (κ3) is 2.97. The Morgan fingerprint density at radius 2 is 1.80 bits per heavy atom. The molecule has 2 aromatic carbocycles. The molecule has 3 heteroatoms. The summed E-state index contributed by atoms with van der Waals surface area (Å²) < 4.78 is 14.1. The van der Waals surface area contributed by atoms with Crippen LogP contribution in [0.15, 0.2) is 36.4 Å². The van der Waals surface area contributed by atoms with E-state index in [9.17, 15) is 4.39 Å². The second kappa shape index (κ2) is 5.75. The average Bonchev–Trinajstić information content (AvgIpc) is 2.40. The zero-order chi connectivity index (χ0) is 14.7. The summed E-state index contributed by atoms with van der Waals surface area (Å²) in [6, 6.07) is 13.0. The first-order valence-corrected chi connectivity index (χ1v) is 6.48. The molecule has 0 aliphatic heterocycles. The Kier molecular flexibility index (Phi) is 4.05. The van der Waals surface area contributed by atoms with E-state index < -0.39 is 5.82 Å². The summed E-state index contributed by atoms with van der Waals surface area (Å²) in [5.41, 5.74) is 4.03. The Morgan fingerprint density at radius 1 is 1.15 bits per heavy atom. The normalized spacial score (nSPS) is 10.2. The minimum absolute atomic E-state index is 0.0938. The Bertz CT molecular complexity index is 651. The molecule has 20 heavy (non-hydrogen) atoms. The zero-order valence-corrected chi connectivity index (χ0v) is 11.9. The van der Waals surface area contributed by atoms with Crippen molar-refractivity contribution < 1.29 is 4.39 Å². The first kappa shape index (κ1) is 14.1. The number of benzene rings is 2. The van der Waals surface area contributed by atoms with Gasteiger partial charge in [-0.2, -0.15) is 5.26 Å². The molecule has 2 rings (SSSR count). The standard InChI is InChI=1S/C17H17FN2/c1-12-7-13(2)9-16(8-12)20(3)11-15-6-4-5-14(10-19)17(15)18/h4-9H,11H2,1-3H3. The monoisotopic (exact) mass is 268 g/mol. The molecule has 0 heterocycles. The Morgan fingerprint density at radius 3 is 2.40 bits per heavy atom. The summed E-state index contributed by atoms with van der Waals surface area (Å²) in [4.78, 5) is 1.99. The lowest BCUT2D eigenvalue weighted by atomic mass is 10.1. The van der Waals surface area contributed by atoms with Gasteiger partial charge in [0, 0.05) is 24.8 Å². The van der Waals surface area contributed by atoms with Gasteiger partial charge < -0.3 is 4.90 Å². The molecule has 0 fully saturated rings. The van der Waals surface area contributed by atoms with Gasteiger partial charge in [-0.25, -0.2) is 4.39 Å². The fourth-order valence-corrected chi connectivity index (χ4v) is 2.31. The van der Waals surface area contributed by atoms with Gasteiger partial charge >= 0.3 is 0 Å². The molecule has 2 aromatic rings. The van der Waals surface area contributed by atoms with Crippen molar-refractivity contribution >= 4 is 5.69 Å². The summed E-state index contributed by atoms with van der Waals surface area (Å²) in [6.45, 7) is 4.52. The number of rotatable bonds is 3. The van der Waals surface area contributed by atoms with E-state index in [4.69, 9.17) is 5.26 Å². The highest BCUT2D eigenvalue weighted by Gasteiger charge is 2.10. The SMILES string of the molecule is Cc1cc(C)cc(N(C)Cc2cccc(C#N)c2F)c1. The molecule has 0 amide bonds. The molecule has 0 bridgehead atoms. The number of hydrogen-bond acceptors (Lipinski definition) is 2. The van der Waals surface area contributed by atoms with Crippen molar-refractivity contribution in [1.82, 2.24) is 0 Å². The van der Waals surface area contributed by atoms with Gasteiger partial charge in [-0.05, 0) is 43.2 Å². The quantitative estimate of drug-likeness (QED) is 0.842. The van der Waals surface area contributed by atoms with Crippen molar-refractivity contribution in [3.63, 3.8) is 0 Å². The number of nitriles is 1. The van der Waals surface area contributed by atoms with Gasteiger partial charge in [0.05, 0.1) is 5.56 Å². The van der Waals surface area contributed by atoms with E-state index in [2.05, 4.69) is 18.2 Å². The summed E-state index contributed by atoms with van der Waals surface area (Å²) in [5, 5.41) is 8.86. The summed E-state index contributed by atoms with van der Waals surface area (Å²) >= 11 is 0. The number of anilines is 1. The predicted octanol–water partition coefficient (Wildman–Crippen LogP) is 3.95. The molecular weight excluding hydrogens is 251 g/mol. The molecule has 0 saturated carbocycles. The molecule has 0 atom stereocenters. The van der Waals surface area contributed by atoms with Crippen molar-refractivity contribution in [2.75, 3.05) is 11.9 Å². The fraction of sp³-hybridized carbons (Fsp3) is 0.235. The van der Waals surface area contributed by atoms with Gasteiger partial charge in [0.25, 0.3) is 0 Å². The highest BCUT2D eigenvalue weighted by atomic mass is 19.1. The smallest absolute Gasteiger partial charge is 0.145 e. The summed E-state index contributed by atoms with van der Waals surface area (Å²) in [5.74, 6) is -0.425. The van der Waals surface area contributed by atoms with Crippen molar-refractivity contribution in [2.45, 2.75) is 20.4 Å². The predicted molar refractivity (Wildman–Crippen MR) is 79.1 cm³/mol. The first-order chi connectivity index (χ1) is 9.51. The summed E-state index contributed by atoms with van der Waals surface area (Å²) in [6.07, 6.45) is 0. The number of nitrogens with zero attached hydrogens (tertiary/aromatic N) is 2. The van der Waals surface area contributed by atoms with Crippen LogP contribution in [0.5, 0.6) is 0 Å². The van der Waals surface area contributed by atoms with Gasteiger partial charge in [-0.1, -0.05) is 18.2 Å². The van der Waals surface area contributed by atoms with E-state index in [1.807, 2.05) is 31.9 Å². The maximum atomic E-state index is 14.1. The van der Waals surface area contributed by atoms with E-state index in [1.165, 1.54) is 17.2 Å². The highest BCUT2D eigenvalue weighted by Crippen LogP contribution is 2.21. The minimum Gasteiger partial charge on any atom is -0.370 e. The molecule has 0 saturated heterocycles. The first-order valence-electron chi connectivity index (χ1n) is 6.48. The highest BCUT2D eigenvalue weighted by molar-refractivity contribution is 5.51. The number of aryl methyl sites for hydroxylation is 2. The Balaban J connectivity index is 2.28. The maximum Gasteiger partial charge on any atom is 0.145 e. The third-order valence-electron chi connectivity index (χ3n) is 3.25. The van der Waals surface area contributed by atoms with Crippen LogP contribution in [0.1, 0.15) is 22.3 Å². The van der Waals surface area contributed by atoms with Crippen LogP contribution in [-0.2, 0) is 6.54 Å². The zero-order valence-electron chi connectivity index (χ0n) is 11.9. The molecule has 0 aliphatic rings. The van der Waals surface area contributed by atoms with E-state index in [1.54, 1.807) is 12.1 Å². The number of halogens is 1. The second-order valence-electron chi connectivity index (χ2n) is 5.09. The molecule has 102 valence electrons. The van der Waals surface area contributed by atoms with Gasteiger partial charge in [0.2, 0.25) is 0 Å². The number of hydrogen-bond donors (Lipinski definition) is 0. The van der Waals surface area contributed by atoms with Gasteiger partial charge in [-0.3, -0.25) is 0 Å². The van der Waals surface area contributed by atoms with Crippen molar-refractivity contribution in [3.05, 3.63) is 64.5 Å². The summed E-state index contributed by atoms with van der Waals surface area (Å²) in [7, 11) is 1.92. The topological polar surface area (TPSA) is 27.0 Å². The van der Waals surface area contributed by atoms with Crippen LogP contribution >= 0.6 is 0 Å². The van der Waals surface area contributed by atoms with Crippen LogP contribution in [0.2, 0.25) is 0 Å². The van der Waals surface area contributed by atoms with Crippen LogP contribution in [0.25, 0.3) is 0 Å². The molecule has 2 nitrogen and oxygen atoms in total. The lowest BCUT2D eigenvalue weighted by Gasteiger charge is -2.21. The molecule has 0 N–H and O–H groups in total. The minimum atomic E-state index is -0.425. The van der Waals surface area contributed by atoms with Crippen molar-refractivity contribution in [3.8, 4) is 6.07 Å². The molecule has 0 radical (unpaired) electrons. The molecule has 0 aromatic heterocycles. The second-order valence-corrected chi connectivity index (χ2v) is 5.09. The fourth-order valence-electron chi connectivity index (χ4n) is 2.31. The lowest BCUT2D eigenvalue weighted by molar-refractivity contribution is 0.604. The van der Waals surface area contributed by atoms with Crippen LogP contribution in [0.3, 0.4) is 0 Å². The van der Waals surface area contributed by atoms with Gasteiger partial charge in [0.1, 0.15) is 11.9 Å². The van der Waals surface area contributed by atoms with Crippen LogP contribution in [0.4, 0.5) is 10.1 Å². The molecule has 0 unspecified atom stereocenters. The van der Waals surface area contributed by atoms with Crippen molar-refractivity contribution in [2.24, 2.45) is 0 Å². The van der Waals surface area contributed by atoms with E-state index in [0.717, 1.165) is 5.69 Å². The van der Waals surface area contributed by atoms with E-state index in [-0.39, 0.29) is 5.56 Å². The van der Waals surface area contributed by atoms with E-state index >= 15 is 0 Å². The van der Waals surface area contributed by atoms with E-state index in [0.29, 0.717) is 12.1 Å². The molecule has 0 spiro atoms. The van der Waals surface area contributed by atoms with Crippen LogP contribution < -0.4 is 4.90 Å². The van der Waals surface area contributed by atoms with Crippen molar-refractivity contribution in [1.29, 1.82) is 5.26 Å². The average molecular weight is 268 g/mol. The molecular formula is C17H17FN2. The Hall–Kier alpha value is -2.34. The van der Waals surface area contributed by atoms with Crippen LogP contribution in [0, 0.1) is 31.0 Å². The largest absolute Gasteiger partial charge is 0.370 e. The maximum absolute atomic E-state index is 14.1.